The quantitative estimate of drug-likeness (QED) is 0.890. The van der Waals surface area contributed by atoms with Crippen LogP contribution in [-0.2, 0) is 6.42 Å². The van der Waals surface area contributed by atoms with Crippen LogP contribution >= 0.6 is 11.3 Å². The summed E-state index contributed by atoms with van der Waals surface area (Å²) in [7, 11) is 0. The third kappa shape index (κ3) is 2.92. The number of hydrogen-bond donors (Lipinski definition) is 1. The maximum atomic E-state index is 5.97. The predicted molar refractivity (Wildman–Crippen MR) is 77.3 cm³/mol. The van der Waals surface area contributed by atoms with E-state index in [0.29, 0.717) is 6.54 Å². The SMILES string of the molecule is CCc1ccc(OC(CN)c2sccc2C)cc1. The summed E-state index contributed by atoms with van der Waals surface area (Å²) in [6.45, 7) is 4.74. The van der Waals surface area contributed by atoms with Crippen molar-refractivity contribution >= 4 is 11.3 Å². The average Bonchev–Trinajstić information content (AvgIpc) is 2.83. The molecule has 1 heterocycles. The van der Waals surface area contributed by atoms with E-state index in [1.807, 2.05) is 12.1 Å². The summed E-state index contributed by atoms with van der Waals surface area (Å²) in [5, 5.41) is 2.08. The lowest BCUT2D eigenvalue weighted by Crippen LogP contribution is -2.18. The van der Waals surface area contributed by atoms with E-state index < -0.39 is 0 Å². The van der Waals surface area contributed by atoms with Gasteiger partial charge in [0.2, 0.25) is 0 Å². The molecule has 18 heavy (non-hydrogen) atoms. The molecule has 0 saturated carbocycles. The molecule has 1 atom stereocenters. The first-order valence-corrected chi connectivity index (χ1v) is 7.12. The molecule has 2 N–H and O–H groups in total. The highest BCUT2D eigenvalue weighted by atomic mass is 32.1. The second-order valence-electron chi connectivity index (χ2n) is 4.31. The Labute approximate surface area is 112 Å². The Hall–Kier alpha value is -1.32. The fourth-order valence-corrected chi connectivity index (χ4v) is 2.86. The Balaban J connectivity index is 2.13. The van der Waals surface area contributed by atoms with Gasteiger partial charge in [0.05, 0.1) is 0 Å². The fraction of sp³-hybridized carbons (Fsp3) is 0.333. The minimum atomic E-state index is -0.0440. The number of thiophene rings is 1. The zero-order valence-corrected chi connectivity index (χ0v) is 11.7. The lowest BCUT2D eigenvalue weighted by atomic mass is 10.1. The maximum Gasteiger partial charge on any atom is 0.145 e. The van der Waals surface area contributed by atoms with Crippen LogP contribution in [0.25, 0.3) is 0 Å². The normalized spacial score (nSPS) is 12.4. The van der Waals surface area contributed by atoms with Crippen LogP contribution < -0.4 is 10.5 Å². The van der Waals surface area contributed by atoms with Crippen LogP contribution in [0.4, 0.5) is 0 Å². The summed E-state index contributed by atoms with van der Waals surface area (Å²) in [5.74, 6) is 0.885. The van der Waals surface area contributed by atoms with E-state index in [2.05, 4.69) is 37.4 Å². The lowest BCUT2D eigenvalue weighted by molar-refractivity contribution is 0.217. The molecule has 0 aliphatic carbocycles. The van der Waals surface area contributed by atoms with E-state index in [1.54, 1.807) is 11.3 Å². The van der Waals surface area contributed by atoms with Gasteiger partial charge in [-0.05, 0) is 48.1 Å². The number of aryl methyl sites for hydroxylation is 2. The predicted octanol–water partition coefficient (Wildman–Crippen LogP) is 3.70. The second kappa shape index (κ2) is 6.03. The molecular weight excluding hydrogens is 242 g/mol. The van der Waals surface area contributed by atoms with E-state index in [-0.39, 0.29) is 6.10 Å². The molecule has 2 nitrogen and oxygen atoms in total. The molecule has 1 aromatic heterocycles. The number of benzene rings is 1. The molecule has 0 saturated heterocycles. The van der Waals surface area contributed by atoms with Crippen molar-refractivity contribution < 1.29 is 4.74 Å². The minimum absolute atomic E-state index is 0.0440. The monoisotopic (exact) mass is 261 g/mol. The maximum absolute atomic E-state index is 5.97. The summed E-state index contributed by atoms with van der Waals surface area (Å²) < 4.78 is 5.97. The molecule has 0 bridgehead atoms. The molecule has 1 aromatic carbocycles. The molecule has 1 unspecified atom stereocenters. The van der Waals surface area contributed by atoms with Gasteiger partial charge in [-0.2, -0.15) is 0 Å². The Morgan fingerprint density at radius 2 is 1.94 bits per heavy atom. The first-order valence-electron chi connectivity index (χ1n) is 6.24. The average molecular weight is 261 g/mol. The summed E-state index contributed by atoms with van der Waals surface area (Å²) >= 11 is 1.70. The largest absolute Gasteiger partial charge is 0.484 e. The van der Waals surface area contributed by atoms with Crippen LogP contribution in [0.3, 0.4) is 0 Å². The van der Waals surface area contributed by atoms with Crippen molar-refractivity contribution in [2.45, 2.75) is 26.4 Å². The Bertz CT molecular complexity index is 489. The topological polar surface area (TPSA) is 35.2 Å². The molecule has 3 heteroatoms. The number of ether oxygens (including phenoxy) is 1. The number of nitrogens with two attached hydrogens (primary N) is 1. The smallest absolute Gasteiger partial charge is 0.145 e. The molecule has 2 aromatic rings. The number of rotatable bonds is 5. The molecular formula is C15H19NOS. The van der Waals surface area contributed by atoms with Crippen molar-refractivity contribution in [1.29, 1.82) is 0 Å². The highest BCUT2D eigenvalue weighted by Crippen LogP contribution is 2.28. The minimum Gasteiger partial charge on any atom is -0.484 e. The van der Waals surface area contributed by atoms with Gasteiger partial charge in [0, 0.05) is 11.4 Å². The molecule has 0 spiro atoms. The third-order valence-corrected chi connectivity index (χ3v) is 4.13. The van der Waals surface area contributed by atoms with Crippen molar-refractivity contribution in [2.75, 3.05) is 6.54 Å². The standard InChI is InChI=1S/C15H19NOS/c1-3-12-4-6-13(7-5-12)17-14(10-16)15-11(2)8-9-18-15/h4-9,14H,3,10,16H2,1-2H3. The van der Waals surface area contributed by atoms with Gasteiger partial charge < -0.3 is 10.5 Å². The molecule has 0 aliphatic rings. The Morgan fingerprint density at radius 1 is 1.22 bits per heavy atom. The lowest BCUT2D eigenvalue weighted by Gasteiger charge is -2.17. The first kappa shape index (κ1) is 13.1. The van der Waals surface area contributed by atoms with Crippen molar-refractivity contribution in [3.05, 3.63) is 51.7 Å². The Kier molecular flexibility index (Phi) is 4.39. The molecule has 0 amide bonds. The van der Waals surface area contributed by atoms with Gasteiger partial charge in [-0.1, -0.05) is 19.1 Å². The van der Waals surface area contributed by atoms with Crippen LogP contribution in [-0.4, -0.2) is 6.54 Å². The zero-order chi connectivity index (χ0) is 13.0. The van der Waals surface area contributed by atoms with E-state index in [1.165, 1.54) is 16.0 Å². The zero-order valence-electron chi connectivity index (χ0n) is 10.8. The van der Waals surface area contributed by atoms with Crippen molar-refractivity contribution in [3.63, 3.8) is 0 Å². The van der Waals surface area contributed by atoms with Crippen LogP contribution in [0.1, 0.15) is 29.0 Å². The van der Waals surface area contributed by atoms with Gasteiger partial charge in [0.15, 0.2) is 0 Å². The highest BCUT2D eigenvalue weighted by Gasteiger charge is 2.15. The van der Waals surface area contributed by atoms with E-state index in [4.69, 9.17) is 10.5 Å². The van der Waals surface area contributed by atoms with Gasteiger partial charge in [0.25, 0.3) is 0 Å². The van der Waals surface area contributed by atoms with Crippen LogP contribution in [0, 0.1) is 6.92 Å². The van der Waals surface area contributed by atoms with Gasteiger partial charge in [0.1, 0.15) is 11.9 Å². The van der Waals surface area contributed by atoms with Gasteiger partial charge in [-0.15, -0.1) is 11.3 Å². The van der Waals surface area contributed by atoms with E-state index >= 15 is 0 Å². The van der Waals surface area contributed by atoms with Crippen LogP contribution in [0.2, 0.25) is 0 Å². The Morgan fingerprint density at radius 3 is 2.44 bits per heavy atom. The molecule has 0 aliphatic heterocycles. The van der Waals surface area contributed by atoms with Gasteiger partial charge in [-0.3, -0.25) is 0 Å². The molecule has 2 rings (SSSR count). The molecule has 0 fully saturated rings. The van der Waals surface area contributed by atoms with Gasteiger partial charge >= 0.3 is 0 Å². The molecule has 0 radical (unpaired) electrons. The van der Waals surface area contributed by atoms with Crippen molar-refractivity contribution in [1.82, 2.24) is 0 Å². The van der Waals surface area contributed by atoms with E-state index in [0.717, 1.165) is 12.2 Å². The summed E-state index contributed by atoms with van der Waals surface area (Å²) in [6, 6.07) is 10.3. The highest BCUT2D eigenvalue weighted by molar-refractivity contribution is 7.10. The van der Waals surface area contributed by atoms with Crippen LogP contribution in [0.5, 0.6) is 5.75 Å². The summed E-state index contributed by atoms with van der Waals surface area (Å²) in [6.07, 6.45) is 1.00. The van der Waals surface area contributed by atoms with Crippen LogP contribution in [0.15, 0.2) is 35.7 Å². The van der Waals surface area contributed by atoms with Crippen molar-refractivity contribution in [3.8, 4) is 5.75 Å². The second-order valence-corrected chi connectivity index (χ2v) is 5.26. The fourth-order valence-electron chi connectivity index (χ4n) is 1.89. The first-order chi connectivity index (χ1) is 8.74. The molecule has 96 valence electrons. The van der Waals surface area contributed by atoms with Crippen molar-refractivity contribution in [2.24, 2.45) is 5.73 Å². The van der Waals surface area contributed by atoms with E-state index in [9.17, 15) is 0 Å². The van der Waals surface area contributed by atoms with Gasteiger partial charge in [-0.25, -0.2) is 0 Å². The number of hydrogen-bond acceptors (Lipinski definition) is 3. The summed E-state index contributed by atoms with van der Waals surface area (Å²) in [5.41, 5.74) is 8.39. The third-order valence-electron chi connectivity index (χ3n) is 3.02. The summed E-state index contributed by atoms with van der Waals surface area (Å²) in [4.78, 5) is 1.22.